The van der Waals surface area contributed by atoms with E-state index < -0.39 is 5.76 Å². The highest BCUT2D eigenvalue weighted by Gasteiger charge is 2.16. The van der Waals surface area contributed by atoms with E-state index in [4.69, 9.17) is 4.42 Å². The molecule has 4 nitrogen and oxygen atoms in total. The summed E-state index contributed by atoms with van der Waals surface area (Å²) in [7, 11) is 1.94. The van der Waals surface area contributed by atoms with Crippen molar-refractivity contribution in [3.05, 3.63) is 55.7 Å². The van der Waals surface area contributed by atoms with Gasteiger partial charge in [0.2, 0.25) is 0 Å². The molecule has 2 heterocycles. The van der Waals surface area contributed by atoms with Gasteiger partial charge in [-0.15, -0.1) is 11.3 Å². The maximum absolute atomic E-state index is 11.2. The first-order valence-electron chi connectivity index (χ1n) is 6.45. The van der Waals surface area contributed by atoms with E-state index >= 15 is 0 Å². The fourth-order valence-electron chi connectivity index (χ4n) is 2.36. The summed E-state index contributed by atoms with van der Waals surface area (Å²) in [4.78, 5) is 16.5. The second kappa shape index (κ2) is 4.92. The fourth-order valence-corrected chi connectivity index (χ4v) is 3.54. The molecule has 3 rings (SSSR count). The monoisotopic (exact) mass is 288 g/mol. The number of nitrogens with one attached hydrogen (secondary N) is 2. The molecule has 0 saturated heterocycles. The van der Waals surface area contributed by atoms with E-state index in [9.17, 15) is 4.79 Å². The lowest BCUT2D eigenvalue weighted by Gasteiger charge is -2.14. The summed E-state index contributed by atoms with van der Waals surface area (Å²) in [6, 6.07) is 8.13. The normalized spacial score (nSPS) is 12.9. The van der Waals surface area contributed by atoms with Gasteiger partial charge < -0.3 is 9.73 Å². The SMILES string of the molecule is CNC(c1ccc2[nH]c(=O)oc2c1)c1cc(C)c(C)s1. The van der Waals surface area contributed by atoms with Crippen molar-refractivity contribution in [1.29, 1.82) is 0 Å². The molecule has 0 spiro atoms. The van der Waals surface area contributed by atoms with Crippen LogP contribution in [-0.2, 0) is 0 Å². The highest BCUT2D eigenvalue weighted by molar-refractivity contribution is 7.12. The Morgan fingerprint density at radius 1 is 1.30 bits per heavy atom. The van der Waals surface area contributed by atoms with Crippen LogP contribution in [0, 0.1) is 13.8 Å². The van der Waals surface area contributed by atoms with Crippen LogP contribution in [0.1, 0.15) is 26.9 Å². The topological polar surface area (TPSA) is 58.0 Å². The van der Waals surface area contributed by atoms with Crippen LogP contribution in [0.15, 0.2) is 33.5 Å². The van der Waals surface area contributed by atoms with Gasteiger partial charge >= 0.3 is 5.76 Å². The molecule has 0 saturated carbocycles. The third-order valence-electron chi connectivity index (χ3n) is 3.54. The molecule has 0 aliphatic rings. The van der Waals surface area contributed by atoms with Crippen LogP contribution in [0.25, 0.3) is 11.1 Å². The van der Waals surface area contributed by atoms with Crippen molar-refractivity contribution < 1.29 is 4.42 Å². The van der Waals surface area contributed by atoms with Gasteiger partial charge in [0, 0.05) is 9.75 Å². The molecule has 0 aliphatic carbocycles. The Labute approximate surface area is 120 Å². The number of fused-ring (bicyclic) bond motifs is 1. The maximum atomic E-state index is 11.2. The van der Waals surface area contributed by atoms with Gasteiger partial charge in [-0.25, -0.2) is 4.79 Å². The van der Waals surface area contributed by atoms with E-state index in [2.05, 4.69) is 30.2 Å². The van der Waals surface area contributed by atoms with Gasteiger partial charge in [0.25, 0.3) is 0 Å². The summed E-state index contributed by atoms with van der Waals surface area (Å²) in [6.07, 6.45) is 0. The van der Waals surface area contributed by atoms with Crippen molar-refractivity contribution in [1.82, 2.24) is 10.3 Å². The third kappa shape index (κ3) is 2.19. The summed E-state index contributed by atoms with van der Waals surface area (Å²) >= 11 is 1.79. The Morgan fingerprint density at radius 2 is 2.10 bits per heavy atom. The summed E-state index contributed by atoms with van der Waals surface area (Å²) in [5.74, 6) is -0.416. The summed E-state index contributed by atoms with van der Waals surface area (Å²) in [5.41, 5.74) is 3.72. The number of aromatic nitrogens is 1. The lowest BCUT2D eigenvalue weighted by molar-refractivity contribution is 0.554. The number of oxazole rings is 1. The molecule has 104 valence electrons. The molecular weight excluding hydrogens is 272 g/mol. The van der Waals surface area contributed by atoms with Crippen LogP contribution >= 0.6 is 11.3 Å². The van der Waals surface area contributed by atoms with Crippen LogP contribution < -0.4 is 11.1 Å². The quantitative estimate of drug-likeness (QED) is 0.778. The molecule has 1 aromatic carbocycles. The van der Waals surface area contributed by atoms with Gasteiger partial charge in [0.05, 0.1) is 11.6 Å². The smallest absolute Gasteiger partial charge is 0.408 e. The molecule has 0 radical (unpaired) electrons. The molecule has 0 bridgehead atoms. The summed E-state index contributed by atoms with van der Waals surface area (Å²) in [5, 5.41) is 3.33. The van der Waals surface area contributed by atoms with E-state index in [1.54, 1.807) is 11.3 Å². The second-order valence-corrected chi connectivity index (χ2v) is 6.17. The predicted octanol–water partition coefficient (Wildman–Crippen LogP) is 3.11. The Bertz CT molecular complexity index is 793. The van der Waals surface area contributed by atoms with Crippen molar-refractivity contribution in [3.63, 3.8) is 0 Å². The number of benzene rings is 1. The van der Waals surface area contributed by atoms with Crippen molar-refractivity contribution in [2.75, 3.05) is 7.05 Å². The van der Waals surface area contributed by atoms with Gasteiger partial charge in [-0.05, 0) is 50.2 Å². The molecule has 0 fully saturated rings. The first-order valence-corrected chi connectivity index (χ1v) is 7.27. The number of aromatic amines is 1. The predicted molar refractivity (Wildman–Crippen MR) is 81.5 cm³/mol. The van der Waals surface area contributed by atoms with E-state index in [0.717, 1.165) is 11.1 Å². The standard InChI is InChI=1S/C15H16N2O2S/c1-8-6-13(20-9(8)2)14(16-3)10-4-5-11-12(7-10)19-15(18)17-11/h4-7,14,16H,1-3H3,(H,17,18). The highest BCUT2D eigenvalue weighted by atomic mass is 32.1. The average molecular weight is 288 g/mol. The van der Waals surface area contributed by atoms with Crippen LogP contribution in [0.4, 0.5) is 0 Å². The fraction of sp³-hybridized carbons (Fsp3) is 0.267. The van der Waals surface area contributed by atoms with E-state index in [0.29, 0.717) is 5.58 Å². The van der Waals surface area contributed by atoms with Crippen molar-refractivity contribution in [2.24, 2.45) is 0 Å². The summed E-state index contributed by atoms with van der Waals surface area (Å²) < 4.78 is 5.13. The largest absolute Gasteiger partial charge is 0.417 e. The average Bonchev–Trinajstić information content (AvgIpc) is 2.93. The number of aryl methyl sites for hydroxylation is 2. The molecule has 2 N–H and O–H groups in total. The van der Waals surface area contributed by atoms with Crippen LogP contribution in [0.3, 0.4) is 0 Å². The zero-order valence-electron chi connectivity index (χ0n) is 11.6. The summed E-state index contributed by atoms with van der Waals surface area (Å²) in [6.45, 7) is 4.25. The lowest BCUT2D eigenvalue weighted by atomic mass is 10.0. The van der Waals surface area contributed by atoms with E-state index in [1.165, 1.54) is 15.3 Å². The minimum Gasteiger partial charge on any atom is -0.408 e. The first kappa shape index (κ1) is 13.1. The molecule has 5 heteroatoms. The number of H-pyrrole nitrogens is 1. The molecule has 1 unspecified atom stereocenters. The van der Waals surface area contributed by atoms with Gasteiger partial charge in [0.1, 0.15) is 0 Å². The van der Waals surface area contributed by atoms with Gasteiger partial charge in [0.15, 0.2) is 5.58 Å². The molecule has 2 aromatic heterocycles. The zero-order valence-corrected chi connectivity index (χ0v) is 12.4. The number of thiophene rings is 1. The minimum atomic E-state index is -0.416. The number of hydrogen-bond acceptors (Lipinski definition) is 4. The van der Waals surface area contributed by atoms with Crippen molar-refractivity contribution >= 4 is 22.4 Å². The van der Waals surface area contributed by atoms with Crippen LogP contribution in [0.2, 0.25) is 0 Å². The van der Waals surface area contributed by atoms with Crippen LogP contribution in [0.5, 0.6) is 0 Å². The van der Waals surface area contributed by atoms with Crippen molar-refractivity contribution in [2.45, 2.75) is 19.9 Å². The molecule has 20 heavy (non-hydrogen) atoms. The van der Waals surface area contributed by atoms with Gasteiger partial charge in [-0.2, -0.15) is 0 Å². The Morgan fingerprint density at radius 3 is 2.75 bits per heavy atom. The maximum Gasteiger partial charge on any atom is 0.417 e. The molecule has 0 aliphatic heterocycles. The molecular formula is C15H16N2O2S. The van der Waals surface area contributed by atoms with Crippen LogP contribution in [-0.4, -0.2) is 12.0 Å². The van der Waals surface area contributed by atoms with Gasteiger partial charge in [-0.3, -0.25) is 4.98 Å². The molecule has 0 amide bonds. The lowest BCUT2D eigenvalue weighted by Crippen LogP contribution is -2.16. The second-order valence-electron chi connectivity index (χ2n) is 4.88. The molecule has 1 atom stereocenters. The Hall–Kier alpha value is -1.85. The van der Waals surface area contributed by atoms with Crippen molar-refractivity contribution in [3.8, 4) is 0 Å². The number of hydrogen-bond donors (Lipinski definition) is 2. The highest BCUT2D eigenvalue weighted by Crippen LogP contribution is 2.31. The van der Waals surface area contributed by atoms with E-state index in [1.807, 2.05) is 25.2 Å². The Balaban J connectivity index is 2.08. The van der Waals surface area contributed by atoms with E-state index in [-0.39, 0.29) is 6.04 Å². The molecule has 3 aromatic rings. The first-order chi connectivity index (χ1) is 9.58. The zero-order chi connectivity index (χ0) is 14.3. The Kier molecular flexibility index (Phi) is 3.23. The van der Waals surface area contributed by atoms with Gasteiger partial charge in [-0.1, -0.05) is 6.07 Å². The number of rotatable bonds is 3. The third-order valence-corrected chi connectivity index (χ3v) is 4.75. The minimum absolute atomic E-state index is 0.108.